The van der Waals surface area contributed by atoms with Gasteiger partial charge in [0.15, 0.2) is 0 Å². The summed E-state index contributed by atoms with van der Waals surface area (Å²) in [5, 5.41) is 7.99. The molecule has 1 aliphatic heterocycles. The lowest BCUT2D eigenvalue weighted by molar-refractivity contribution is -0.132. The zero-order chi connectivity index (χ0) is 16.8. The number of benzene rings is 1. The zero-order valence-corrected chi connectivity index (χ0v) is 13.5. The van der Waals surface area contributed by atoms with Crippen LogP contribution in [0.5, 0.6) is 5.75 Å². The minimum absolute atomic E-state index is 0.0767. The van der Waals surface area contributed by atoms with E-state index in [0.717, 1.165) is 25.9 Å². The Hall–Kier alpha value is -2.44. The minimum atomic E-state index is -0.305. The monoisotopic (exact) mass is 332 g/mol. The predicted molar refractivity (Wildman–Crippen MR) is 85.8 cm³/mol. The molecule has 0 aliphatic carbocycles. The smallest absolute Gasteiger partial charge is 0.244 e. The van der Waals surface area contributed by atoms with Gasteiger partial charge in [0.05, 0.1) is 6.20 Å². The van der Waals surface area contributed by atoms with Gasteiger partial charge in [-0.15, -0.1) is 5.10 Å². The van der Waals surface area contributed by atoms with Gasteiger partial charge in [-0.25, -0.2) is 9.07 Å². The number of rotatable bonds is 5. The second kappa shape index (κ2) is 7.90. The number of hydrogen-bond donors (Lipinski definition) is 0. The summed E-state index contributed by atoms with van der Waals surface area (Å²) >= 11 is 0. The predicted octanol–water partition coefficient (Wildman–Crippen LogP) is 2.40. The fourth-order valence-electron chi connectivity index (χ4n) is 2.73. The number of halogens is 1. The van der Waals surface area contributed by atoms with Gasteiger partial charge in [-0.1, -0.05) is 18.1 Å². The molecule has 24 heavy (non-hydrogen) atoms. The van der Waals surface area contributed by atoms with Crippen molar-refractivity contribution >= 4 is 5.91 Å². The first-order chi connectivity index (χ1) is 11.7. The van der Waals surface area contributed by atoms with Crippen LogP contribution in [0.2, 0.25) is 0 Å². The van der Waals surface area contributed by atoms with E-state index >= 15 is 0 Å². The molecule has 1 fully saturated rings. The molecule has 128 valence electrons. The van der Waals surface area contributed by atoms with E-state index in [-0.39, 0.29) is 24.9 Å². The lowest BCUT2D eigenvalue weighted by Gasteiger charge is -2.19. The number of likely N-dealkylation sites (tertiary alicyclic amines) is 1. The Morgan fingerprint density at radius 1 is 1.12 bits per heavy atom. The Balaban J connectivity index is 1.51. The molecule has 1 aromatic heterocycles. The van der Waals surface area contributed by atoms with E-state index in [9.17, 15) is 9.18 Å². The highest BCUT2D eigenvalue weighted by Crippen LogP contribution is 2.13. The minimum Gasteiger partial charge on any atom is -0.487 e. The summed E-state index contributed by atoms with van der Waals surface area (Å²) in [6, 6.07) is 5.79. The number of aromatic nitrogens is 3. The maximum atomic E-state index is 12.8. The van der Waals surface area contributed by atoms with Gasteiger partial charge in [0.25, 0.3) is 0 Å². The van der Waals surface area contributed by atoms with Crippen molar-refractivity contribution in [3.05, 3.63) is 42.0 Å². The van der Waals surface area contributed by atoms with Crippen LogP contribution < -0.4 is 4.74 Å². The molecule has 1 amide bonds. The quantitative estimate of drug-likeness (QED) is 0.843. The molecular weight excluding hydrogens is 311 g/mol. The van der Waals surface area contributed by atoms with Gasteiger partial charge in [0.2, 0.25) is 5.91 Å². The van der Waals surface area contributed by atoms with Crippen molar-refractivity contribution in [1.29, 1.82) is 0 Å². The summed E-state index contributed by atoms with van der Waals surface area (Å²) in [5.41, 5.74) is 0.628. The van der Waals surface area contributed by atoms with Crippen LogP contribution in [-0.2, 0) is 17.9 Å². The molecule has 0 bridgehead atoms. The van der Waals surface area contributed by atoms with Crippen LogP contribution >= 0.6 is 0 Å². The van der Waals surface area contributed by atoms with Crippen LogP contribution in [-0.4, -0.2) is 38.9 Å². The number of carbonyl (C=O) groups is 1. The fraction of sp³-hybridized carbons (Fsp3) is 0.471. The van der Waals surface area contributed by atoms with Crippen molar-refractivity contribution in [3.8, 4) is 5.75 Å². The van der Waals surface area contributed by atoms with E-state index in [2.05, 4.69) is 10.3 Å². The van der Waals surface area contributed by atoms with Gasteiger partial charge < -0.3 is 9.64 Å². The van der Waals surface area contributed by atoms with Crippen LogP contribution in [0.4, 0.5) is 4.39 Å². The molecule has 0 unspecified atom stereocenters. The highest BCUT2D eigenvalue weighted by atomic mass is 19.1. The normalized spacial score (nSPS) is 15.1. The van der Waals surface area contributed by atoms with Gasteiger partial charge in [0, 0.05) is 13.1 Å². The number of amides is 1. The van der Waals surface area contributed by atoms with Crippen LogP contribution in [0, 0.1) is 5.82 Å². The van der Waals surface area contributed by atoms with Crippen molar-refractivity contribution in [2.24, 2.45) is 0 Å². The number of hydrogen-bond acceptors (Lipinski definition) is 4. The highest BCUT2D eigenvalue weighted by molar-refractivity contribution is 5.75. The van der Waals surface area contributed by atoms with Gasteiger partial charge in [-0.2, -0.15) is 0 Å². The Labute approximate surface area is 140 Å². The summed E-state index contributed by atoms with van der Waals surface area (Å²) in [6.07, 6.45) is 6.23. The molecule has 1 saturated heterocycles. The molecule has 1 aromatic carbocycles. The lowest BCUT2D eigenvalue weighted by atomic mass is 10.2. The molecule has 3 rings (SSSR count). The molecule has 0 saturated carbocycles. The molecule has 0 atom stereocenters. The average molecular weight is 332 g/mol. The largest absolute Gasteiger partial charge is 0.487 e. The maximum Gasteiger partial charge on any atom is 0.244 e. The van der Waals surface area contributed by atoms with E-state index in [1.54, 1.807) is 18.3 Å². The first-order valence-electron chi connectivity index (χ1n) is 8.26. The van der Waals surface area contributed by atoms with Crippen molar-refractivity contribution in [2.75, 3.05) is 13.1 Å². The molecule has 6 nitrogen and oxygen atoms in total. The molecule has 2 aromatic rings. The third kappa shape index (κ3) is 4.53. The van der Waals surface area contributed by atoms with Crippen LogP contribution in [0.25, 0.3) is 0 Å². The number of carbonyl (C=O) groups excluding carboxylic acids is 1. The summed E-state index contributed by atoms with van der Waals surface area (Å²) in [5.74, 6) is 0.333. The molecule has 0 radical (unpaired) electrons. The SMILES string of the molecule is O=C(Cn1cc(COc2ccc(F)cc2)nn1)N1CCCCCC1. The summed E-state index contributed by atoms with van der Waals surface area (Å²) < 4.78 is 19.9. The van der Waals surface area contributed by atoms with Gasteiger partial charge >= 0.3 is 0 Å². The zero-order valence-electron chi connectivity index (χ0n) is 13.5. The van der Waals surface area contributed by atoms with Crippen molar-refractivity contribution in [3.63, 3.8) is 0 Å². The second-order valence-electron chi connectivity index (χ2n) is 5.95. The van der Waals surface area contributed by atoms with Crippen LogP contribution in [0.15, 0.2) is 30.5 Å². The third-order valence-corrected chi connectivity index (χ3v) is 4.04. The third-order valence-electron chi connectivity index (χ3n) is 4.04. The van der Waals surface area contributed by atoms with E-state index in [0.29, 0.717) is 11.4 Å². The summed E-state index contributed by atoms with van der Waals surface area (Å²) in [6.45, 7) is 2.08. The Bertz CT molecular complexity index is 663. The molecule has 0 spiro atoms. The molecule has 7 heteroatoms. The van der Waals surface area contributed by atoms with E-state index in [1.165, 1.54) is 29.7 Å². The highest BCUT2D eigenvalue weighted by Gasteiger charge is 2.16. The van der Waals surface area contributed by atoms with E-state index < -0.39 is 0 Å². The molecular formula is C17H21FN4O2. The Kier molecular flexibility index (Phi) is 5.40. The fourth-order valence-corrected chi connectivity index (χ4v) is 2.73. The molecule has 0 N–H and O–H groups in total. The Morgan fingerprint density at radius 2 is 1.83 bits per heavy atom. The standard InChI is InChI=1S/C17H21FN4O2/c18-14-5-7-16(8-6-14)24-13-15-11-22(20-19-15)12-17(23)21-9-3-1-2-4-10-21/h5-8,11H,1-4,9-10,12-13H2. The van der Waals surface area contributed by atoms with Gasteiger partial charge in [-0.3, -0.25) is 4.79 Å². The summed E-state index contributed by atoms with van der Waals surface area (Å²) in [4.78, 5) is 14.2. The molecule has 1 aliphatic rings. The number of nitrogens with zero attached hydrogens (tertiary/aromatic N) is 4. The van der Waals surface area contributed by atoms with E-state index in [1.807, 2.05) is 4.90 Å². The van der Waals surface area contributed by atoms with E-state index in [4.69, 9.17) is 4.74 Å². The van der Waals surface area contributed by atoms with Crippen LogP contribution in [0.3, 0.4) is 0 Å². The van der Waals surface area contributed by atoms with Crippen molar-refractivity contribution < 1.29 is 13.9 Å². The first kappa shape index (κ1) is 16.4. The molecule has 2 heterocycles. The van der Waals surface area contributed by atoms with Crippen molar-refractivity contribution in [1.82, 2.24) is 19.9 Å². The van der Waals surface area contributed by atoms with Crippen molar-refractivity contribution in [2.45, 2.75) is 38.8 Å². The second-order valence-corrected chi connectivity index (χ2v) is 5.95. The first-order valence-corrected chi connectivity index (χ1v) is 8.26. The maximum absolute atomic E-state index is 12.8. The Morgan fingerprint density at radius 3 is 2.54 bits per heavy atom. The topological polar surface area (TPSA) is 60.3 Å². The van der Waals surface area contributed by atoms with Gasteiger partial charge in [-0.05, 0) is 37.1 Å². The average Bonchev–Trinajstić information content (AvgIpc) is 2.85. The van der Waals surface area contributed by atoms with Gasteiger partial charge in [0.1, 0.15) is 30.4 Å². The lowest BCUT2D eigenvalue weighted by Crippen LogP contribution is -2.34. The van der Waals surface area contributed by atoms with Crippen LogP contribution in [0.1, 0.15) is 31.4 Å². The number of ether oxygens (including phenoxy) is 1. The summed E-state index contributed by atoms with van der Waals surface area (Å²) in [7, 11) is 0.